The number of halogens is 1. The molecule has 36 heavy (non-hydrogen) atoms. The minimum atomic E-state index is -0.305. The van der Waals surface area contributed by atoms with Gasteiger partial charge in [-0.2, -0.15) is 0 Å². The van der Waals surface area contributed by atoms with Crippen molar-refractivity contribution in [2.75, 3.05) is 37.1 Å². The summed E-state index contributed by atoms with van der Waals surface area (Å²) in [6.45, 7) is 6.56. The monoisotopic (exact) mass is 527 g/mol. The second-order valence-corrected chi connectivity index (χ2v) is 8.33. The number of rotatable bonds is 9. The quantitative estimate of drug-likeness (QED) is 0.304. The summed E-state index contributed by atoms with van der Waals surface area (Å²) in [7, 11) is 1.57. The van der Waals surface area contributed by atoms with Crippen LogP contribution in [0.25, 0.3) is 17.3 Å². The number of thiazole rings is 1. The number of hydrogen-bond donors (Lipinski definition) is 1. The highest BCUT2D eigenvalue weighted by molar-refractivity contribution is 7.14. The maximum absolute atomic E-state index is 12.4. The van der Waals surface area contributed by atoms with Gasteiger partial charge in [-0.25, -0.2) is 4.98 Å². The summed E-state index contributed by atoms with van der Waals surface area (Å²) in [5, 5.41) is 5.10. The number of methoxy groups -OCH3 is 1. The van der Waals surface area contributed by atoms with Crippen molar-refractivity contribution >= 4 is 52.5 Å². The summed E-state index contributed by atoms with van der Waals surface area (Å²) in [5.41, 5.74) is 2.97. The molecule has 0 unspecified atom stereocenters. The van der Waals surface area contributed by atoms with E-state index in [-0.39, 0.29) is 30.8 Å². The van der Waals surface area contributed by atoms with Crippen molar-refractivity contribution in [2.24, 2.45) is 0 Å². The number of nitrogens with one attached hydrogen (secondary N) is 1. The molecule has 3 aromatic rings. The number of aromatic nitrogens is 1. The number of anilines is 2. The largest absolute Gasteiger partial charge is 0.493 e. The van der Waals surface area contributed by atoms with Gasteiger partial charge in [0, 0.05) is 23.6 Å². The lowest BCUT2D eigenvalue weighted by Crippen LogP contribution is -2.38. The van der Waals surface area contributed by atoms with E-state index in [0.717, 1.165) is 11.1 Å². The molecule has 0 fully saturated rings. The van der Waals surface area contributed by atoms with Gasteiger partial charge < -0.3 is 19.1 Å². The van der Waals surface area contributed by atoms with Crippen molar-refractivity contribution in [3.05, 3.63) is 66.1 Å². The second kappa shape index (κ2) is 12.2. The molecule has 1 N–H and O–H groups in total. The van der Waals surface area contributed by atoms with Gasteiger partial charge >= 0.3 is 0 Å². The average Bonchev–Trinajstić information content (AvgIpc) is 3.33. The smallest absolute Gasteiger partial charge is 0.265 e. The molecule has 0 aliphatic carbocycles. The fourth-order valence-corrected chi connectivity index (χ4v) is 4.26. The second-order valence-electron chi connectivity index (χ2n) is 7.47. The Hall–Kier alpha value is -3.82. The van der Waals surface area contributed by atoms with Crippen LogP contribution in [0.15, 0.2) is 60.5 Å². The third-order valence-electron chi connectivity index (χ3n) is 5.16. The molecule has 2 heterocycles. The van der Waals surface area contributed by atoms with Crippen LogP contribution in [0.2, 0.25) is 0 Å². The molecule has 0 radical (unpaired) electrons. The normalized spacial score (nSPS) is 12.4. The summed E-state index contributed by atoms with van der Waals surface area (Å²) in [6.07, 6.45) is 4.80. The molecule has 1 aliphatic heterocycles. The van der Waals surface area contributed by atoms with Crippen molar-refractivity contribution in [3.63, 3.8) is 0 Å². The fraction of sp³-hybridized carbons (Fsp3) is 0.192. The first-order chi connectivity index (χ1) is 17.0. The summed E-state index contributed by atoms with van der Waals surface area (Å²) in [6, 6.07) is 11.0. The Morgan fingerprint density at radius 3 is 2.86 bits per heavy atom. The molecule has 2 amide bonds. The molecule has 2 aromatic carbocycles. The zero-order valence-electron chi connectivity index (χ0n) is 19.9. The van der Waals surface area contributed by atoms with Crippen molar-refractivity contribution in [1.29, 1.82) is 0 Å². The third kappa shape index (κ3) is 6.05. The van der Waals surface area contributed by atoms with Gasteiger partial charge in [-0.05, 0) is 48.9 Å². The first-order valence-corrected chi connectivity index (χ1v) is 11.8. The topological polar surface area (TPSA) is 90.0 Å². The summed E-state index contributed by atoms with van der Waals surface area (Å²) >= 11 is 1.32. The molecule has 10 heteroatoms. The van der Waals surface area contributed by atoms with Crippen LogP contribution in [0.4, 0.5) is 10.8 Å². The van der Waals surface area contributed by atoms with E-state index in [2.05, 4.69) is 16.9 Å². The van der Waals surface area contributed by atoms with Crippen LogP contribution < -0.4 is 24.4 Å². The molecule has 188 valence electrons. The molecule has 0 saturated carbocycles. The van der Waals surface area contributed by atoms with Crippen LogP contribution in [0.5, 0.6) is 17.2 Å². The molecule has 4 rings (SSSR count). The molecule has 8 nitrogen and oxygen atoms in total. The van der Waals surface area contributed by atoms with E-state index >= 15 is 0 Å². The number of nitrogens with zero attached hydrogens (tertiary/aromatic N) is 2. The van der Waals surface area contributed by atoms with E-state index in [1.165, 1.54) is 17.4 Å². The predicted molar refractivity (Wildman–Crippen MR) is 145 cm³/mol. The van der Waals surface area contributed by atoms with Crippen molar-refractivity contribution in [1.82, 2.24) is 4.98 Å². The molecule has 0 atom stereocenters. The number of ether oxygens (including phenoxy) is 3. The van der Waals surface area contributed by atoms with Gasteiger partial charge in [-0.3, -0.25) is 14.9 Å². The van der Waals surface area contributed by atoms with Crippen molar-refractivity contribution < 1.29 is 23.8 Å². The molecular weight excluding hydrogens is 502 g/mol. The van der Waals surface area contributed by atoms with Gasteiger partial charge in [-0.15, -0.1) is 30.3 Å². The highest BCUT2D eigenvalue weighted by atomic mass is 35.5. The zero-order chi connectivity index (χ0) is 24.8. The van der Waals surface area contributed by atoms with Crippen LogP contribution in [0.1, 0.15) is 12.5 Å². The number of carbonyl (C=O) groups is 2. The number of fused-ring (bicyclic) bond motifs is 1. The highest BCUT2D eigenvalue weighted by Crippen LogP contribution is 2.36. The highest BCUT2D eigenvalue weighted by Gasteiger charge is 2.25. The van der Waals surface area contributed by atoms with Crippen LogP contribution in [-0.2, 0) is 9.59 Å². The zero-order valence-corrected chi connectivity index (χ0v) is 21.5. The van der Waals surface area contributed by atoms with E-state index in [0.29, 0.717) is 46.9 Å². The van der Waals surface area contributed by atoms with Gasteiger partial charge in [-0.1, -0.05) is 12.1 Å². The number of amides is 2. The number of benzene rings is 2. The first kappa shape index (κ1) is 26.8. The van der Waals surface area contributed by atoms with E-state index in [9.17, 15) is 9.59 Å². The van der Waals surface area contributed by atoms with Gasteiger partial charge in [0.1, 0.15) is 5.75 Å². The van der Waals surface area contributed by atoms with E-state index in [1.807, 2.05) is 36.6 Å². The summed E-state index contributed by atoms with van der Waals surface area (Å²) in [4.78, 5) is 30.8. The SMILES string of the molecule is C=CCN1C(=O)COc2ccc(-c3csc(NC(=O)/C=C/c4ccc(OCC)c(OC)c4)n3)cc21.Cl. The van der Waals surface area contributed by atoms with Gasteiger partial charge in [0.15, 0.2) is 23.2 Å². The van der Waals surface area contributed by atoms with Crippen LogP contribution >= 0.6 is 23.7 Å². The molecule has 1 aromatic heterocycles. The molecule has 1 aliphatic rings. The summed E-state index contributed by atoms with van der Waals surface area (Å²) in [5.74, 6) is 1.45. The first-order valence-electron chi connectivity index (χ1n) is 11.0. The standard InChI is InChI=1S/C26H25N3O5S.ClH/c1-4-12-29-20-14-18(8-10-21(20)34-15-25(29)31)19-16-35-26(27-19)28-24(30)11-7-17-6-9-22(33-5-2)23(13-17)32-3;/h4,6-11,13-14,16H,1,5,12,15H2,2-3H3,(H,27,28,30);1H/b11-7+;. The lowest BCUT2D eigenvalue weighted by atomic mass is 10.1. The van der Waals surface area contributed by atoms with Gasteiger partial charge in [0.2, 0.25) is 5.91 Å². The predicted octanol–water partition coefficient (Wildman–Crippen LogP) is 5.20. The Bertz CT molecular complexity index is 1290. The average molecular weight is 528 g/mol. The van der Waals surface area contributed by atoms with Crippen LogP contribution in [0.3, 0.4) is 0 Å². The number of hydrogen-bond acceptors (Lipinski definition) is 7. The van der Waals surface area contributed by atoms with Gasteiger partial charge in [0.25, 0.3) is 5.91 Å². The Morgan fingerprint density at radius 1 is 1.28 bits per heavy atom. The summed E-state index contributed by atoms with van der Waals surface area (Å²) < 4.78 is 16.4. The maximum atomic E-state index is 12.4. The molecule has 0 saturated heterocycles. The minimum Gasteiger partial charge on any atom is -0.493 e. The minimum absolute atomic E-state index is 0. The molecule has 0 spiro atoms. The maximum Gasteiger partial charge on any atom is 0.265 e. The van der Waals surface area contributed by atoms with Crippen molar-refractivity contribution in [3.8, 4) is 28.5 Å². The third-order valence-corrected chi connectivity index (χ3v) is 5.92. The lowest BCUT2D eigenvalue weighted by Gasteiger charge is -2.28. The van der Waals surface area contributed by atoms with E-state index in [1.54, 1.807) is 36.3 Å². The van der Waals surface area contributed by atoms with Gasteiger partial charge in [0.05, 0.1) is 25.1 Å². The van der Waals surface area contributed by atoms with Crippen LogP contribution in [-0.4, -0.2) is 43.7 Å². The number of carbonyl (C=O) groups excluding carboxylic acids is 2. The molecule has 0 bridgehead atoms. The van der Waals surface area contributed by atoms with E-state index < -0.39 is 0 Å². The Balaban J connectivity index is 0.00000361. The lowest BCUT2D eigenvalue weighted by molar-refractivity contribution is -0.121. The Labute approximate surface area is 219 Å². The Kier molecular flexibility index (Phi) is 9.10. The van der Waals surface area contributed by atoms with Crippen LogP contribution in [0, 0.1) is 0 Å². The van der Waals surface area contributed by atoms with Crippen molar-refractivity contribution in [2.45, 2.75) is 6.92 Å². The Morgan fingerprint density at radius 2 is 2.11 bits per heavy atom. The van der Waals surface area contributed by atoms with E-state index in [4.69, 9.17) is 14.2 Å². The molecular formula is C26H26ClN3O5S. The fourth-order valence-electron chi connectivity index (χ4n) is 3.54.